The summed E-state index contributed by atoms with van der Waals surface area (Å²) < 4.78 is 33.5. The van der Waals surface area contributed by atoms with E-state index in [9.17, 15) is 13.5 Å². The maximum atomic E-state index is 11.5. The van der Waals surface area contributed by atoms with E-state index in [-0.39, 0.29) is 31.3 Å². The first kappa shape index (κ1) is 12.3. The normalized spacial score (nSPS) is 46.6. The fourth-order valence-electron chi connectivity index (χ4n) is 2.45. The first-order chi connectivity index (χ1) is 7.44. The molecule has 4 unspecified atom stereocenters. The molecule has 2 saturated heterocycles. The molecular weight excluding hydrogens is 236 g/mol. The van der Waals surface area contributed by atoms with Crippen molar-refractivity contribution in [3.05, 3.63) is 0 Å². The Morgan fingerprint density at radius 2 is 2.12 bits per heavy atom. The van der Waals surface area contributed by atoms with E-state index in [1.54, 1.807) is 6.92 Å². The lowest BCUT2D eigenvalue weighted by Gasteiger charge is -2.29. The van der Waals surface area contributed by atoms with E-state index in [2.05, 4.69) is 0 Å². The molecule has 6 nitrogen and oxygen atoms in total. The monoisotopic (exact) mass is 252 g/mol. The van der Waals surface area contributed by atoms with Gasteiger partial charge < -0.3 is 14.9 Å². The number of rotatable bonds is 2. The van der Waals surface area contributed by atoms with Crippen LogP contribution in [0.5, 0.6) is 0 Å². The van der Waals surface area contributed by atoms with Crippen molar-refractivity contribution in [1.82, 2.24) is 0 Å². The van der Waals surface area contributed by atoms with Crippen LogP contribution >= 0.6 is 0 Å². The molecule has 0 radical (unpaired) electrons. The Labute approximate surface area is 94.3 Å². The highest BCUT2D eigenvalue weighted by atomic mass is 32.2. The Morgan fingerprint density at radius 1 is 1.44 bits per heavy atom. The van der Waals surface area contributed by atoms with Crippen molar-refractivity contribution >= 4 is 10.1 Å². The molecule has 2 heterocycles. The van der Waals surface area contributed by atoms with Crippen molar-refractivity contribution in [3.63, 3.8) is 0 Å². The number of fused-ring (bicyclic) bond motifs is 2. The zero-order valence-electron chi connectivity index (χ0n) is 9.00. The minimum atomic E-state index is -3.58. The largest absolute Gasteiger partial charge is 0.394 e. The maximum Gasteiger partial charge on any atom is 0.267 e. The first-order valence-electron chi connectivity index (χ1n) is 5.24. The number of aliphatic hydroxyl groups is 2. The van der Waals surface area contributed by atoms with Gasteiger partial charge in [-0.25, -0.2) is 0 Å². The summed E-state index contributed by atoms with van der Waals surface area (Å²) in [6.07, 6.45) is -1.19. The second-order valence-electron chi connectivity index (χ2n) is 4.42. The molecule has 4 atom stereocenters. The first-order valence-corrected chi connectivity index (χ1v) is 6.82. The van der Waals surface area contributed by atoms with E-state index in [0.29, 0.717) is 0 Å². The van der Waals surface area contributed by atoms with E-state index in [4.69, 9.17) is 14.0 Å². The van der Waals surface area contributed by atoms with Crippen LogP contribution in [-0.4, -0.2) is 55.4 Å². The zero-order valence-corrected chi connectivity index (χ0v) is 9.81. The minimum absolute atomic E-state index is 0.160. The maximum absolute atomic E-state index is 11.5. The number of hydrogen-bond acceptors (Lipinski definition) is 6. The van der Waals surface area contributed by atoms with Gasteiger partial charge in [0.2, 0.25) is 0 Å². The molecule has 0 aromatic carbocycles. The molecule has 2 fully saturated rings. The van der Waals surface area contributed by atoms with Crippen molar-refractivity contribution in [2.24, 2.45) is 5.92 Å². The molecule has 16 heavy (non-hydrogen) atoms. The molecule has 94 valence electrons. The van der Waals surface area contributed by atoms with E-state index < -0.39 is 27.9 Å². The lowest BCUT2D eigenvalue weighted by atomic mass is 9.85. The van der Waals surface area contributed by atoms with Gasteiger partial charge >= 0.3 is 0 Å². The van der Waals surface area contributed by atoms with Crippen LogP contribution in [0.2, 0.25) is 0 Å². The van der Waals surface area contributed by atoms with Crippen LogP contribution in [0.15, 0.2) is 0 Å². The standard InChI is InChI=1S/C9H16O6S/c1-6-8-7(4-10)14-9(6,5-11)2-3-16(12,13)15-8/h6-8,10-11H,2-5H2,1H3. The molecule has 0 amide bonds. The Kier molecular flexibility index (Phi) is 3.00. The lowest BCUT2D eigenvalue weighted by molar-refractivity contribution is -0.104. The fraction of sp³-hybridized carbons (Fsp3) is 1.00. The molecule has 7 heteroatoms. The van der Waals surface area contributed by atoms with Gasteiger partial charge in [-0.15, -0.1) is 0 Å². The van der Waals surface area contributed by atoms with Gasteiger partial charge in [0.25, 0.3) is 10.1 Å². The molecule has 2 rings (SSSR count). The summed E-state index contributed by atoms with van der Waals surface area (Å²) in [6.45, 7) is 1.20. The van der Waals surface area contributed by atoms with Gasteiger partial charge in [-0.3, -0.25) is 4.18 Å². The van der Waals surface area contributed by atoms with Crippen LogP contribution in [0, 0.1) is 5.92 Å². The predicted molar refractivity (Wildman–Crippen MR) is 54.2 cm³/mol. The molecule has 0 saturated carbocycles. The van der Waals surface area contributed by atoms with Crippen LogP contribution in [0.25, 0.3) is 0 Å². The molecular formula is C9H16O6S. The SMILES string of the molecule is CC1C2OS(=O)(=O)CCC1(CO)OC2CO. The van der Waals surface area contributed by atoms with Gasteiger partial charge in [-0.2, -0.15) is 8.42 Å². The third kappa shape index (κ3) is 1.76. The van der Waals surface area contributed by atoms with Crippen LogP contribution < -0.4 is 0 Å². The Hall–Kier alpha value is -0.210. The minimum Gasteiger partial charge on any atom is -0.394 e. The summed E-state index contributed by atoms with van der Waals surface area (Å²) in [7, 11) is -3.58. The molecule has 0 aromatic heterocycles. The summed E-state index contributed by atoms with van der Waals surface area (Å²) in [6, 6.07) is 0. The molecule has 2 aliphatic heterocycles. The van der Waals surface area contributed by atoms with E-state index in [1.165, 1.54) is 0 Å². The quantitative estimate of drug-likeness (QED) is 0.604. The Morgan fingerprint density at radius 3 is 2.69 bits per heavy atom. The number of aliphatic hydroxyl groups excluding tert-OH is 2. The smallest absolute Gasteiger partial charge is 0.267 e. The van der Waals surface area contributed by atoms with Crippen molar-refractivity contribution in [2.75, 3.05) is 19.0 Å². The average molecular weight is 252 g/mol. The molecule has 2 aliphatic rings. The molecule has 0 aliphatic carbocycles. The molecule has 2 bridgehead atoms. The highest BCUT2D eigenvalue weighted by Crippen LogP contribution is 2.43. The number of ether oxygens (including phenoxy) is 1. The second-order valence-corrected chi connectivity index (χ2v) is 6.14. The predicted octanol–water partition coefficient (Wildman–Crippen LogP) is -1.14. The van der Waals surface area contributed by atoms with Gasteiger partial charge in [0.1, 0.15) is 12.2 Å². The molecule has 0 aromatic rings. The van der Waals surface area contributed by atoms with Crippen LogP contribution in [0.4, 0.5) is 0 Å². The summed E-state index contributed by atoms with van der Waals surface area (Å²) >= 11 is 0. The lowest BCUT2D eigenvalue weighted by Crippen LogP contribution is -2.40. The summed E-state index contributed by atoms with van der Waals surface area (Å²) in [5, 5.41) is 18.5. The van der Waals surface area contributed by atoms with Gasteiger partial charge in [0.05, 0.1) is 24.6 Å². The summed E-state index contributed by atoms with van der Waals surface area (Å²) in [5.74, 6) is -0.418. The average Bonchev–Trinajstić information content (AvgIpc) is 2.44. The molecule has 0 spiro atoms. The second kappa shape index (κ2) is 3.92. The van der Waals surface area contributed by atoms with Gasteiger partial charge in [-0.05, 0) is 6.42 Å². The van der Waals surface area contributed by atoms with E-state index >= 15 is 0 Å². The van der Waals surface area contributed by atoms with Crippen LogP contribution in [0.3, 0.4) is 0 Å². The van der Waals surface area contributed by atoms with Crippen molar-refractivity contribution in [3.8, 4) is 0 Å². The highest BCUT2D eigenvalue weighted by molar-refractivity contribution is 7.86. The van der Waals surface area contributed by atoms with Gasteiger partial charge in [0.15, 0.2) is 0 Å². The summed E-state index contributed by atoms with van der Waals surface area (Å²) in [5.41, 5.74) is -0.901. The highest BCUT2D eigenvalue weighted by Gasteiger charge is 2.56. The fourth-order valence-corrected chi connectivity index (χ4v) is 3.77. The molecule has 2 N–H and O–H groups in total. The topological polar surface area (TPSA) is 93.1 Å². The zero-order chi connectivity index (χ0) is 12.0. The number of hydrogen-bond donors (Lipinski definition) is 2. The Balaban J connectivity index is 2.37. The summed E-state index contributed by atoms with van der Waals surface area (Å²) in [4.78, 5) is 0. The van der Waals surface area contributed by atoms with Crippen LogP contribution in [0.1, 0.15) is 13.3 Å². The Bertz CT molecular complexity index is 366. The van der Waals surface area contributed by atoms with Crippen molar-refractivity contribution in [2.45, 2.75) is 31.2 Å². The van der Waals surface area contributed by atoms with Crippen molar-refractivity contribution < 1.29 is 27.6 Å². The van der Waals surface area contributed by atoms with E-state index in [0.717, 1.165) is 0 Å². The van der Waals surface area contributed by atoms with Gasteiger partial charge in [-0.1, -0.05) is 6.92 Å². The third-order valence-electron chi connectivity index (χ3n) is 3.56. The third-order valence-corrected chi connectivity index (χ3v) is 4.78. The van der Waals surface area contributed by atoms with Gasteiger partial charge in [0, 0.05) is 5.92 Å². The van der Waals surface area contributed by atoms with Crippen molar-refractivity contribution in [1.29, 1.82) is 0 Å². The van der Waals surface area contributed by atoms with Crippen LogP contribution in [-0.2, 0) is 19.0 Å². The van der Waals surface area contributed by atoms with E-state index in [1.807, 2.05) is 0 Å².